The Balaban J connectivity index is 1.95. The lowest BCUT2D eigenvalue weighted by atomic mass is 9.97. The van der Waals surface area contributed by atoms with Crippen LogP contribution >= 0.6 is 11.6 Å². The number of Topliss-reactive ketones (excluding diaryl/α,β-unsaturated/α-hetero) is 1. The highest BCUT2D eigenvalue weighted by atomic mass is 35.5. The van der Waals surface area contributed by atoms with Gasteiger partial charge in [-0.05, 0) is 54.2 Å². The highest BCUT2D eigenvalue weighted by Gasteiger charge is 2.22. The maximum Gasteiger partial charge on any atom is 0.303 e. The van der Waals surface area contributed by atoms with Crippen LogP contribution in [0.25, 0.3) is 22.1 Å². The van der Waals surface area contributed by atoms with Crippen molar-refractivity contribution in [2.75, 3.05) is 0 Å². The van der Waals surface area contributed by atoms with Crippen molar-refractivity contribution in [2.45, 2.75) is 39.0 Å². The van der Waals surface area contributed by atoms with E-state index < -0.39 is 5.97 Å². The number of halogens is 1. The van der Waals surface area contributed by atoms with Crippen LogP contribution in [0.4, 0.5) is 0 Å². The number of hydrogen-bond acceptors (Lipinski definition) is 3. The summed E-state index contributed by atoms with van der Waals surface area (Å²) >= 11 is 5.97. The number of carbonyl (C=O) groups is 2. The van der Waals surface area contributed by atoms with Crippen LogP contribution in [-0.2, 0) is 11.2 Å². The van der Waals surface area contributed by atoms with Crippen LogP contribution in [0.1, 0.15) is 48.7 Å². The minimum Gasteiger partial charge on any atom is -0.481 e. The predicted octanol–water partition coefficient (Wildman–Crippen LogP) is 6.70. The number of benzene rings is 2. The standard InChI is InChI=1S/C24H23ClO4/c1-3-5-20-19-13-10-17(16-8-11-18(25)12-9-16)14-21(19)29-24(20)23(28)15(2)6-4-7-22(26)27/h8-14H,2-7H2,1H3,(H,26,27). The molecule has 5 heteroatoms. The first kappa shape index (κ1) is 20.9. The van der Waals surface area contributed by atoms with Gasteiger partial charge in [-0.2, -0.15) is 0 Å². The van der Waals surface area contributed by atoms with E-state index in [0.29, 0.717) is 34.8 Å². The highest BCUT2D eigenvalue weighted by molar-refractivity contribution is 6.30. The Labute approximate surface area is 174 Å². The molecule has 0 aliphatic rings. The first-order valence-corrected chi connectivity index (χ1v) is 10.0. The van der Waals surface area contributed by atoms with Crippen molar-refractivity contribution < 1.29 is 19.1 Å². The number of aliphatic carboxylic acids is 1. The molecule has 29 heavy (non-hydrogen) atoms. The van der Waals surface area contributed by atoms with Gasteiger partial charge < -0.3 is 9.52 Å². The van der Waals surface area contributed by atoms with Crippen LogP contribution in [0.15, 0.2) is 59.0 Å². The minimum atomic E-state index is -0.879. The third-order valence-electron chi connectivity index (χ3n) is 4.87. The molecule has 0 aliphatic carbocycles. The summed E-state index contributed by atoms with van der Waals surface area (Å²) in [6, 6.07) is 13.5. The number of rotatable bonds is 9. The van der Waals surface area contributed by atoms with E-state index in [0.717, 1.165) is 34.9 Å². The zero-order chi connectivity index (χ0) is 21.0. The lowest BCUT2D eigenvalue weighted by molar-refractivity contribution is -0.137. The Hall–Kier alpha value is -2.85. The van der Waals surface area contributed by atoms with E-state index in [1.807, 2.05) is 42.5 Å². The van der Waals surface area contributed by atoms with Crippen molar-refractivity contribution in [1.29, 1.82) is 0 Å². The summed E-state index contributed by atoms with van der Waals surface area (Å²) < 4.78 is 6.00. The summed E-state index contributed by atoms with van der Waals surface area (Å²) in [5.41, 5.74) is 3.90. The largest absolute Gasteiger partial charge is 0.481 e. The zero-order valence-electron chi connectivity index (χ0n) is 16.3. The molecule has 0 aliphatic heterocycles. The van der Waals surface area contributed by atoms with Gasteiger partial charge in [0.05, 0.1) is 0 Å². The third-order valence-corrected chi connectivity index (χ3v) is 5.12. The van der Waals surface area contributed by atoms with Gasteiger partial charge in [-0.3, -0.25) is 9.59 Å². The molecule has 4 nitrogen and oxygen atoms in total. The summed E-state index contributed by atoms with van der Waals surface area (Å²) in [6.45, 7) is 5.91. The molecule has 2 aromatic carbocycles. The fourth-order valence-corrected chi connectivity index (χ4v) is 3.51. The lowest BCUT2D eigenvalue weighted by Gasteiger charge is -2.04. The molecule has 0 fully saturated rings. The van der Waals surface area contributed by atoms with Gasteiger partial charge in [0.15, 0.2) is 5.76 Å². The number of fused-ring (bicyclic) bond motifs is 1. The Morgan fingerprint density at radius 1 is 1.07 bits per heavy atom. The molecule has 0 saturated heterocycles. The number of carbonyl (C=O) groups excluding carboxylic acids is 1. The molecule has 1 heterocycles. The monoisotopic (exact) mass is 410 g/mol. The second kappa shape index (κ2) is 9.10. The van der Waals surface area contributed by atoms with Crippen LogP contribution in [0.5, 0.6) is 0 Å². The van der Waals surface area contributed by atoms with E-state index in [4.69, 9.17) is 21.1 Å². The van der Waals surface area contributed by atoms with E-state index in [9.17, 15) is 9.59 Å². The molecular weight excluding hydrogens is 388 g/mol. The van der Waals surface area contributed by atoms with Crippen molar-refractivity contribution in [3.05, 3.63) is 71.0 Å². The van der Waals surface area contributed by atoms with Crippen LogP contribution in [-0.4, -0.2) is 16.9 Å². The first-order chi connectivity index (χ1) is 13.9. The Morgan fingerprint density at radius 2 is 1.76 bits per heavy atom. The molecule has 0 unspecified atom stereocenters. The highest BCUT2D eigenvalue weighted by Crippen LogP contribution is 2.33. The molecule has 150 valence electrons. The molecular formula is C24H23ClO4. The van der Waals surface area contributed by atoms with Crippen LogP contribution in [0.2, 0.25) is 5.02 Å². The normalized spacial score (nSPS) is 11.0. The van der Waals surface area contributed by atoms with E-state index in [1.54, 1.807) is 0 Å². The summed E-state index contributed by atoms with van der Waals surface area (Å²) in [6.07, 6.45) is 2.32. The van der Waals surface area contributed by atoms with Crippen LogP contribution in [0, 0.1) is 0 Å². The quantitative estimate of drug-likeness (QED) is 0.315. The van der Waals surface area contributed by atoms with Crippen molar-refractivity contribution in [3.63, 3.8) is 0 Å². The van der Waals surface area contributed by atoms with Crippen molar-refractivity contribution >= 4 is 34.3 Å². The van der Waals surface area contributed by atoms with Crippen LogP contribution in [0.3, 0.4) is 0 Å². The molecule has 0 atom stereocenters. The summed E-state index contributed by atoms with van der Waals surface area (Å²) in [7, 11) is 0. The average Bonchev–Trinajstić information content (AvgIpc) is 3.05. The number of furan rings is 1. The fourth-order valence-electron chi connectivity index (χ4n) is 3.38. The van der Waals surface area contributed by atoms with E-state index in [2.05, 4.69) is 13.5 Å². The number of carboxylic acids is 1. The average molecular weight is 411 g/mol. The van der Waals surface area contributed by atoms with Crippen molar-refractivity contribution in [1.82, 2.24) is 0 Å². The minimum absolute atomic E-state index is 0.0126. The smallest absolute Gasteiger partial charge is 0.303 e. The molecule has 0 saturated carbocycles. The topological polar surface area (TPSA) is 67.5 Å². The molecule has 1 N–H and O–H groups in total. The molecule has 0 bridgehead atoms. The van der Waals surface area contributed by atoms with E-state index in [-0.39, 0.29) is 12.2 Å². The SMILES string of the molecule is C=C(CCCC(=O)O)C(=O)c1oc2cc(-c3ccc(Cl)cc3)ccc2c1CCC. The number of ketones is 1. The van der Waals surface area contributed by atoms with Gasteiger partial charge in [0, 0.05) is 22.4 Å². The Bertz CT molecular complexity index is 1060. The second-order valence-electron chi connectivity index (χ2n) is 7.06. The van der Waals surface area contributed by atoms with Gasteiger partial charge in [-0.15, -0.1) is 0 Å². The molecule has 0 amide bonds. The summed E-state index contributed by atoms with van der Waals surface area (Å²) in [5, 5.41) is 10.4. The molecule has 0 radical (unpaired) electrons. The van der Waals surface area contributed by atoms with Gasteiger partial charge in [0.25, 0.3) is 0 Å². The van der Waals surface area contributed by atoms with Gasteiger partial charge >= 0.3 is 5.97 Å². The Morgan fingerprint density at radius 3 is 2.41 bits per heavy atom. The Kier molecular flexibility index (Phi) is 6.55. The van der Waals surface area contributed by atoms with Crippen LogP contribution < -0.4 is 0 Å². The number of hydrogen-bond donors (Lipinski definition) is 1. The predicted molar refractivity (Wildman–Crippen MR) is 116 cm³/mol. The van der Waals surface area contributed by atoms with Crippen molar-refractivity contribution in [2.24, 2.45) is 0 Å². The molecule has 3 aromatic rings. The van der Waals surface area contributed by atoms with E-state index in [1.165, 1.54) is 0 Å². The summed E-state index contributed by atoms with van der Waals surface area (Å²) in [4.78, 5) is 23.6. The molecule has 1 aromatic heterocycles. The summed E-state index contributed by atoms with van der Waals surface area (Å²) in [5.74, 6) is -0.811. The van der Waals surface area contributed by atoms with Gasteiger partial charge in [-0.1, -0.05) is 55.8 Å². The van der Waals surface area contributed by atoms with Gasteiger partial charge in [0.2, 0.25) is 5.78 Å². The molecule has 0 spiro atoms. The number of aryl methyl sites for hydroxylation is 1. The van der Waals surface area contributed by atoms with Crippen molar-refractivity contribution in [3.8, 4) is 11.1 Å². The lowest BCUT2D eigenvalue weighted by Crippen LogP contribution is -2.05. The second-order valence-corrected chi connectivity index (χ2v) is 7.49. The number of allylic oxidation sites excluding steroid dienone is 1. The molecule has 3 rings (SSSR count). The maximum atomic E-state index is 12.9. The van der Waals surface area contributed by atoms with Gasteiger partial charge in [0.1, 0.15) is 5.58 Å². The third kappa shape index (κ3) is 4.77. The maximum absolute atomic E-state index is 12.9. The van der Waals surface area contributed by atoms with Gasteiger partial charge in [-0.25, -0.2) is 0 Å². The zero-order valence-corrected chi connectivity index (χ0v) is 17.1. The fraction of sp³-hybridized carbons (Fsp3) is 0.250. The van der Waals surface area contributed by atoms with E-state index >= 15 is 0 Å². The first-order valence-electron chi connectivity index (χ1n) is 9.66. The number of carboxylic acid groups (broad SMARTS) is 1.